The average molecular weight is 1280 g/mol. The number of phosphoric ester groups is 2. The van der Waals surface area contributed by atoms with Crippen LogP contribution in [0, 0.1) is 5.92 Å². The monoisotopic (exact) mass is 1280 g/mol. The molecule has 0 radical (unpaired) electrons. The van der Waals surface area contributed by atoms with E-state index in [9.17, 15) is 43.2 Å². The average Bonchev–Trinajstić information content (AvgIpc) is 3.52. The van der Waals surface area contributed by atoms with E-state index in [1.165, 1.54) is 173 Å². The largest absolute Gasteiger partial charge is 0.472 e. The van der Waals surface area contributed by atoms with E-state index in [0.717, 1.165) is 95.8 Å². The fourth-order valence-corrected chi connectivity index (χ4v) is 11.9. The van der Waals surface area contributed by atoms with Crippen LogP contribution in [0.3, 0.4) is 0 Å². The summed E-state index contributed by atoms with van der Waals surface area (Å²) >= 11 is 0. The number of hydrogen-bond acceptors (Lipinski definition) is 15. The summed E-state index contributed by atoms with van der Waals surface area (Å²) in [6.45, 7) is 7.19. The smallest absolute Gasteiger partial charge is 0.462 e. The maximum absolute atomic E-state index is 13.0. The maximum atomic E-state index is 13.0. The van der Waals surface area contributed by atoms with Gasteiger partial charge in [-0.05, 0) is 31.6 Å². The van der Waals surface area contributed by atoms with Gasteiger partial charge < -0.3 is 33.8 Å². The molecule has 0 fully saturated rings. The first-order chi connectivity index (χ1) is 42.0. The van der Waals surface area contributed by atoms with Crippen LogP contribution in [-0.2, 0) is 65.4 Å². The number of aliphatic hydroxyl groups is 1. The van der Waals surface area contributed by atoms with Gasteiger partial charge in [0.15, 0.2) is 12.2 Å². The maximum Gasteiger partial charge on any atom is 0.472 e. The summed E-state index contributed by atoms with van der Waals surface area (Å²) in [6.07, 6.45) is 47.1. The molecule has 0 saturated heterocycles. The van der Waals surface area contributed by atoms with Crippen molar-refractivity contribution in [3.8, 4) is 0 Å². The first-order valence-electron chi connectivity index (χ1n) is 35.6. The van der Waals surface area contributed by atoms with Gasteiger partial charge in [-0.2, -0.15) is 0 Å². The molecule has 0 aromatic carbocycles. The minimum absolute atomic E-state index is 0.107. The van der Waals surface area contributed by atoms with Crippen molar-refractivity contribution in [3.63, 3.8) is 0 Å². The van der Waals surface area contributed by atoms with Crippen molar-refractivity contribution in [2.24, 2.45) is 5.92 Å². The lowest BCUT2D eigenvalue weighted by Crippen LogP contribution is -2.30. The number of ether oxygens (including phenoxy) is 4. The van der Waals surface area contributed by atoms with Crippen LogP contribution in [0.5, 0.6) is 0 Å². The molecule has 0 heterocycles. The van der Waals surface area contributed by atoms with E-state index >= 15 is 0 Å². The van der Waals surface area contributed by atoms with Gasteiger partial charge in [0.1, 0.15) is 19.3 Å². The van der Waals surface area contributed by atoms with Gasteiger partial charge in [0.05, 0.1) is 26.4 Å². The molecule has 0 saturated carbocycles. The molecule has 0 bridgehead atoms. The molecule has 0 rings (SSSR count). The Kier molecular flexibility index (Phi) is 60.2. The van der Waals surface area contributed by atoms with Crippen molar-refractivity contribution in [1.29, 1.82) is 0 Å². The fourth-order valence-electron chi connectivity index (χ4n) is 10.3. The van der Waals surface area contributed by atoms with E-state index < -0.39 is 97.5 Å². The lowest BCUT2D eigenvalue weighted by Gasteiger charge is -2.21. The second-order valence-corrected chi connectivity index (χ2v) is 27.9. The number of phosphoric acid groups is 2. The third kappa shape index (κ3) is 62.6. The highest BCUT2D eigenvalue weighted by atomic mass is 31.2. The Balaban J connectivity index is 5.22. The second-order valence-electron chi connectivity index (χ2n) is 25.0. The Bertz CT molecular complexity index is 1690. The van der Waals surface area contributed by atoms with Gasteiger partial charge in [-0.25, -0.2) is 9.13 Å². The molecule has 17 nitrogen and oxygen atoms in total. The number of hydrogen-bond donors (Lipinski definition) is 3. The third-order valence-electron chi connectivity index (χ3n) is 15.8. The highest BCUT2D eigenvalue weighted by molar-refractivity contribution is 7.47. The Hall–Kier alpha value is -1.94. The van der Waals surface area contributed by atoms with Crippen molar-refractivity contribution >= 4 is 39.5 Å². The predicted octanol–water partition coefficient (Wildman–Crippen LogP) is 19.4. The van der Waals surface area contributed by atoms with Crippen LogP contribution in [0.4, 0.5) is 0 Å². The summed E-state index contributed by atoms with van der Waals surface area (Å²) in [7, 11) is -9.89. The van der Waals surface area contributed by atoms with Gasteiger partial charge in [0, 0.05) is 25.7 Å². The highest BCUT2D eigenvalue weighted by Crippen LogP contribution is 2.45. The quantitative estimate of drug-likeness (QED) is 0.0222. The van der Waals surface area contributed by atoms with Crippen molar-refractivity contribution in [3.05, 3.63) is 0 Å². The molecule has 0 aliphatic heterocycles. The molecule has 19 heteroatoms. The zero-order chi connectivity index (χ0) is 64.2. The lowest BCUT2D eigenvalue weighted by atomic mass is 10.0. The Morgan fingerprint density at radius 1 is 0.310 bits per heavy atom. The van der Waals surface area contributed by atoms with Crippen LogP contribution >= 0.6 is 15.6 Å². The lowest BCUT2D eigenvalue weighted by molar-refractivity contribution is -0.161. The molecule has 2 unspecified atom stereocenters. The molecule has 87 heavy (non-hydrogen) atoms. The van der Waals surface area contributed by atoms with Gasteiger partial charge in [0.25, 0.3) is 0 Å². The molecule has 0 spiro atoms. The first kappa shape index (κ1) is 85.1. The Morgan fingerprint density at radius 3 is 0.782 bits per heavy atom. The molecule has 3 N–H and O–H groups in total. The van der Waals surface area contributed by atoms with Crippen LogP contribution in [-0.4, -0.2) is 96.7 Å². The molecular weight excluding hydrogens is 1150 g/mol. The first-order valence-corrected chi connectivity index (χ1v) is 38.6. The summed E-state index contributed by atoms with van der Waals surface area (Å²) < 4.78 is 68.1. The number of unbranched alkanes of at least 4 members (excludes halogenated alkanes) is 40. The van der Waals surface area contributed by atoms with Crippen LogP contribution in [0.2, 0.25) is 0 Å². The highest BCUT2D eigenvalue weighted by Gasteiger charge is 2.30. The number of esters is 4. The summed E-state index contributed by atoms with van der Waals surface area (Å²) in [5.74, 6) is -1.38. The number of rotatable bonds is 68. The van der Waals surface area contributed by atoms with Gasteiger partial charge >= 0.3 is 39.5 Å². The van der Waals surface area contributed by atoms with Crippen LogP contribution in [0.15, 0.2) is 0 Å². The Labute approximate surface area is 530 Å². The molecule has 0 amide bonds. The minimum Gasteiger partial charge on any atom is -0.462 e. The van der Waals surface area contributed by atoms with Crippen molar-refractivity contribution in [2.45, 2.75) is 368 Å². The van der Waals surface area contributed by atoms with E-state index in [0.29, 0.717) is 25.7 Å². The van der Waals surface area contributed by atoms with Crippen molar-refractivity contribution < 1.29 is 80.2 Å². The molecule has 0 aromatic heterocycles. The topological polar surface area (TPSA) is 237 Å². The normalized spacial score (nSPS) is 14.1. The summed E-state index contributed by atoms with van der Waals surface area (Å²) in [4.78, 5) is 72.4. The summed E-state index contributed by atoms with van der Waals surface area (Å²) in [5, 5.41) is 10.6. The summed E-state index contributed by atoms with van der Waals surface area (Å²) in [5.41, 5.74) is 0. The van der Waals surface area contributed by atoms with Gasteiger partial charge in [-0.3, -0.25) is 37.3 Å². The van der Waals surface area contributed by atoms with Gasteiger partial charge in [-0.1, -0.05) is 298 Å². The van der Waals surface area contributed by atoms with Crippen LogP contribution in [0.1, 0.15) is 349 Å². The van der Waals surface area contributed by atoms with Crippen LogP contribution in [0.25, 0.3) is 0 Å². The molecule has 516 valence electrons. The van der Waals surface area contributed by atoms with E-state index in [1.807, 2.05) is 0 Å². The zero-order valence-electron chi connectivity index (χ0n) is 56.2. The third-order valence-corrected chi connectivity index (χ3v) is 17.7. The second kappa shape index (κ2) is 61.6. The molecule has 0 aromatic rings. The molecule has 5 atom stereocenters. The van der Waals surface area contributed by atoms with E-state index in [4.69, 9.17) is 37.0 Å². The fraction of sp³-hybridized carbons (Fsp3) is 0.941. The molecule has 0 aliphatic carbocycles. The van der Waals surface area contributed by atoms with E-state index in [-0.39, 0.29) is 25.7 Å². The standard InChI is InChI=1S/C68H132O17P2/c1-6-9-12-15-18-21-23-24-25-26-27-28-33-39-44-49-54-68(73)85-64(58-79-66(71)52-47-42-37-34-29-31-35-40-45-50-61(4)5)60-83-87(76,77)81-56-62(69)55-80-86(74,75)82-59-63(57-78-65(70)51-46-41-36-30-20-17-14-11-8-3)84-67(72)53-48-43-38-32-22-19-16-13-10-7-2/h61-64,69H,6-60H2,1-5H3,(H,74,75)(H,76,77)/t62-,63+,64+/m0/s1. The van der Waals surface area contributed by atoms with E-state index in [1.54, 1.807) is 0 Å². The van der Waals surface area contributed by atoms with Crippen molar-refractivity contribution in [2.75, 3.05) is 39.6 Å². The number of carbonyl (C=O) groups is 4. The predicted molar refractivity (Wildman–Crippen MR) is 349 cm³/mol. The van der Waals surface area contributed by atoms with Crippen LogP contribution < -0.4 is 0 Å². The van der Waals surface area contributed by atoms with E-state index in [2.05, 4.69) is 34.6 Å². The molecule has 0 aliphatic rings. The summed E-state index contributed by atoms with van der Waals surface area (Å²) in [6, 6.07) is 0. The van der Waals surface area contributed by atoms with Gasteiger partial charge in [-0.15, -0.1) is 0 Å². The van der Waals surface area contributed by atoms with Crippen molar-refractivity contribution in [1.82, 2.24) is 0 Å². The SMILES string of the molecule is CCCCCCCCCCCCCCCCCCC(=O)O[C@H](COC(=O)CCCCCCCCCCCC(C)C)COP(=O)(O)OC[C@@H](O)COP(=O)(O)OC[C@@H](COC(=O)CCCCCCCCCCC)OC(=O)CCCCCCCCCCCC. The Morgan fingerprint density at radius 2 is 0.529 bits per heavy atom. The van der Waals surface area contributed by atoms with Gasteiger partial charge in [0.2, 0.25) is 0 Å². The zero-order valence-corrected chi connectivity index (χ0v) is 57.9. The number of aliphatic hydroxyl groups excluding tert-OH is 1. The number of carbonyl (C=O) groups excluding carboxylic acids is 4. The minimum atomic E-state index is -4.95. The molecular formula is C68H132O17P2.